The van der Waals surface area contributed by atoms with E-state index < -0.39 is 26.1 Å². The molecule has 0 spiro atoms. The van der Waals surface area contributed by atoms with Crippen molar-refractivity contribution < 1.29 is 31.1 Å². The second-order valence-corrected chi connectivity index (χ2v) is 8.43. The predicted molar refractivity (Wildman–Crippen MR) is 93.1 cm³/mol. The minimum absolute atomic E-state index is 0.0677. The zero-order valence-corrected chi connectivity index (χ0v) is 15.5. The molecule has 2 heterocycles. The second-order valence-electron chi connectivity index (χ2n) is 6.53. The van der Waals surface area contributed by atoms with E-state index >= 15 is 0 Å². The summed E-state index contributed by atoms with van der Waals surface area (Å²) in [5.41, 5.74) is -4.75. The first kappa shape index (κ1) is 20.6. The van der Waals surface area contributed by atoms with Crippen LogP contribution in [0.15, 0.2) is 35.4 Å². The summed E-state index contributed by atoms with van der Waals surface area (Å²) >= 11 is 0. The number of nitrogens with zero attached hydrogens (tertiary/aromatic N) is 3. The Morgan fingerprint density at radius 3 is 2.46 bits per heavy atom. The summed E-state index contributed by atoms with van der Waals surface area (Å²) in [4.78, 5) is 0.463. The first-order valence-corrected chi connectivity index (χ1v) is 10.1. The minimum Gasteiger partial charge on any atom is -0.394 e. The summed E-state index contributed by atoms with van der Waals surface area (Å²) in [5, 5.41) is 13.2. The summed E-state index contributed by atoms with van der Waals surface area (Å²) in [6.07, 6.45) is 2.73. The fourth-order valence-corrected chi connectivity index (χ4v) is 4.47. The van der Waals surface area contributed by atoms with Crippen LogP contribution in [-0.2, 0) is 16.4 Å². The van der Waals surface area contributed by atoms with Crippen molar-refractivity contribution in [3.05, 3.63) is 42.0 Å². The minimum atomic E-state index is -5.67. The van der Waals surface area contributed by atoms with Crippen molar-refractivity contribution in [2.45, 2.75) is 35.7 Å². The summed E-state index contributed by atoms with van der Waals surface area (Å²) in [6, 6.07) is 4.27. The number of rotatable bonds is 5. The highest BCUT2D eigenvalue weighted by molar-refractivity contribution is 7.92. The van der Waals surface area contributed by atoms with Gasteiger partial charge < -0.3 is 10.0 Å². The third kappa shape index (κ3) is 3.86. The molecule has 1 aliphatic heterocycles. The maximum absolute atomic E-state index is 13.5. The normalized spacial score (nSPS) is 16.5. The molecule has 1 aromatic heterocycles. The molecule has 0 aliphatic carbocycles. The molecule has 1 aliphatic rings. The number of piperidine rings is 1. The number of benzene rings is 1. The van der Waals surface area contributed by atoms with Crippen LogP contribution in [0, 0.1) is 5.82 Å². The number of aliphatic hydroxyl groups excluding tert-OH is 1. The molecule has 0 atom stereocenters. The van der Waals surface area contributed by atoms with E-state index in [1.807, 2.05) is 6.07 Å². The van der Waals surface area contributed by atoms with E-state index in [2.05, 4.69) is 5.10 Å². The molecule has 2 aromatic rings. The van der Waals surface area contributed by atoms with Gasteiger partial charge >= 0.3 is 5.51 Å². The summed E-state index contributed by atoms with van der Waals surface area (Å²) in [6.45, 7) is 0.887. The van der Waals surface area contributed by atoms with E-state index in [9.17, 15) is 26.0 Å². The molecular weight excluding hydrogens is 402 g/mol. The molecular formula is C17H19F4N3O3S. The molecule has 1 aromatic carbocycles. The number of hydrogen-bond donors (Lipinski definition) is 1. The van der Waals surface area contributed by atoms with Gasteiger partial charge in [0.2, 0.25) is 0 Å². The first-order valence-electron chi connectivity index (χ1n) is 8.63. The molecule has 0 amide bonds. The van der Waals surface area contributed by atoms with Gasteiger partial charge in [0, 0.05) is 30.9 Å². The van der Waals surface area contributed by atoms with Gasteiger partial charge in [-0.3, -0.25) is 4.68 Å². The standard InChI is InChI=1S/C17H19F4N3O3S/c18-13-1-2-15(16(11-13)28(26,27)17(19,20)21)23-7-4-12(5-8-23)14-3-6-22-24(14)9-10-25/h1-3,6,11-12,25H,4-5,7-10H2. The molecule has 1 N–H and O–H groups in total. The lowest BCUT2D eigenvalue weighted by molar-refractivity contribution is -0.0435. The smallest absolute Gasteiger partial charge is 0.394 e. The average molecular weight is 421 g/mol. The SMILES string of the molecule is O=S(=O)(c1cc(F)ccc1N1CCC(c2ccnn2CCO)CC1)C(F)(F)F. The van der Waals surface area contributed by atoms with Crippen molar-refractivity contribution in [1.29, 1.82) is 0 Å². The molecule has 1 saturated heterocycles. The van der Waals surface area contributed by atoms with Crippen LogP contribution in [-0.4, -0.2) is 48.5 Å². The topological polar surface area (TPSA) is 75.4 Å². The van der Waals surface area contributed by atoms with Crippen LogP contribution < -0.4 is 4.90 Å². The average Bonchev–Trinajstić information content (AvgIpc) is 3.09. The van der Waals surface area contributed by atoms with E-state index in [-0.39, 0.29) is 18.2 Å². The fourth-order valence-electron chi connectivity index (χ4n) is 3.48. The zero-order chi connectivity index (χ0) is 20.5. The second kappa shape index (κ2) is 7.70. The van der Waals surface area contributed by atoms with Crippen LogP contribution in [0.5, 0.6) is 0 Å². The van der Waals surface area contributed by atoms with E-state index in [0.29, 0.717) is 38.5 Å². The van der Waals surface area contributed by atoms with Gasteiger partial charge in [-0.25, -0.2) is 12.8 Å². The molecule has 154 valence electrons. The van der Waals surface area contributed by atoms with Gasteiger partial charge in [-0.05, 0) is 37.1 Å². The molecule has 28 heavy (non-hydrogen) atoms. The molecule has 6 nitrogen and oxygen atoms in total. The Balaban J connectivity index is 1.84. The largest absolute Gasteiger partial charge is 0.501 e. The van der Waals surface area contributed by atoms with E-state index in [0.717, 1.165) is 17.8 Å². The number of alkyl halides is 3. The highest BCUT2D eigenvalue weighted by Crippen LogP contribution is 2.38. The van der Waals surface area contributed by atoms with Crippen LogP contribution in [0.1, 0.15) is 24.5 Å². The Morgan fingerprint density at radius 2 is 1.86 bits per heavy atom. The number of anilines is 1. The monoisotopic (exact) mass is 421 g/mol. The summed E-state index contributed by atoms with van der Waals surface area (Å²) in [5.74, 6) is -0.970. The Hall–Kier alpha value is -2.14. The third-order valence-corrected chi connectivity index (χ3v) is 6.35. The van der Waals surface area contributed by atoms with Crippen molar-refractivity contribution in [1.82, 2.24) is 9.78 Å². The molecule has 0 radical (unpaired) electrons. The van der Waals surface area contributed by atoms with Crippen LogP contribution in [0.3, 0.4) is 0 Å². The Morgan fingerprint density at radius 1 is 1.18 bits per heavy atom. The molecule has 11 heteroatoms. The fraction of sp³-hybridized carbons (Fsp3) is 0.471. The number of sulfone groups is 1. The predicted octanol–water partition coefficient (Wildman–Crippen LogP) is 2.69. The lowest BCUT2D eigenvalue weighted by Crippen LogP contribution is -2.35. The van der Waals surface area contributed by atoms with Crippen molar-refractivity contribution in [3.63, 3.8) is 0 Å². The molecule has 0 saturated carbocycles. The number of aliphatic hydroxyl groups is 1. The Kier molecular flexibility index (Phi) is 5.67. The molecule has 0 unspecified atom stereocenters. The number of halogens is 4. The van der Waals surface area contributed by atoms with Crippen molar-refractivity contribution in [2.24, 2.45) is 0 Å². The molecule has 1 fully saturated rings. The lowest BCUT2D eigenvalue weighted by Gasteiger charge is -2.34. The van der Waals surface area contributed by atoms with Crippen molar-refractivity contribution >= 4 is 15.5 Å². The van der Waals surface area contributed by atoms with Gasteiger partial charge in [0.05, 0.1) is 18.8 Å². The summed E-state index contributed by atoms with van der Waals surface area (Å²) in [7, 11) is -5.67. The first-order chi connectivity index (χ1) is 13.1. The van der Waals surface area contributed by atoms with Crippen LogP contribution in [0.2, 0.25) is 0 Å². The van der Waals surface area contributed by atoms with Crippen LogP contribution in [0.25, 0.3) is 0 Å². The maximum Gasteiger partial charge on any atom is 0.501 e. The Labute approximate surface area is 159 Å². The lowest BCUT2D eigenvalue weighted by atomic mass is 9.93. The highest BCUT2D eigenvalue weighted by atomic mass is 32.2. The molecule has 0 bridgehead atoms. The number of aromatic nitrogens is 2. The van der Waals surface area contributed by atoms with E-state index in [1.54, 1.807) is 10.9 Å². The summed E-state index contributed by atoms with van der Waals surface area (Å²) < 4.78 is 78.0. The van der Waals surface area contributed by atoms with Gasteiger partial charge in [-0.1, -0.05) is 0 Å². The van der Waals surface area contributed by atoms with Crippen LogP contribution >= 0.6 is 0 Å². The Bertz CT molecular complexity index is 935. The quantitative estimate of drug-likeness (QED) is 0.752. The third-order valence-electron chi connectivity index (χ3n) is 4.83. The van der Waals surface area contributed by atoms with Crippen molar-refractivity contribution in [3.8, 4) is 0 Å². The van der Waals surface area contributed by atoms with Gasteiger partial charge in [0.25, 0.3) is 9.84 Å². The zero-order valence-electron chi connectivity index (χ0n) is 14.7. The van der Waals surface area contributed by atoms with Gasteiger partial charge in [0.1, 0.15) is 10.7 Å². The van der Waals surface area contributed by atoms with E-state index in [4.69, 9.17) is 5.11 Å². The number of hydrogen-bond acceptors (Lipinski definition) is 5. The van der Waals surface area contributed by atoms with Gasteiger partial charge in [-0.2, -0.15) is 18.3 Å². The van der Waals surface area contributed by atoms with Gasteiger partial charge in [-0.15, -0.1) is 0 Å². The van der Waals surface area contributed by atoms with Gasteiger partial charge in [0.15, 0.2) is 0 Å². The maximum atomic E-state index is 13.5. The highest BCUT2D eigenvalue weighted by Gasteiger charge is 2.48. The van der Waals surface area contributed by atoms with Crippen LogP contribution in [0.4, 0.5) is 23.2 Å². The van der Waals surface area contributed by atoms with E-state index in [1.165, 1.54) is 4.90 Å². The molecule has 3 rings (SSSR count). The van der Waals surface area contributed by atoms with Crippen molar-refractivity contribution in [2.75, 3.05) is 24.6 Å².